The fourth-order valence-corrected chi connectivity index (χ4v) is 5.52. The maximum atomic E-state index is 6.02. The molecule has 1 aromatic rings. The molecular weight excluding hydrogens is 523 g/mol. The summed E-state index contributed by atoms with van der Waals surface area (Å²) >= 11 is 2.06. The highest BCUT2D eigenvalue weighted by molar-refractivity contribution is 14.0. The molecule has 8 heteroatoms. The molecule has 0 radical (unpaired) electrons. The summed E-state index contributed by atoms with van der Waals surface area (Å²) in [6.45, 7) is 14.4. The fourth-order valence-electron chi connectivity index (χ4n) is 4.05. The zero-order chi connectivity index (χ0) is 21.4. The monoisotopic (exact) mass is 562 g/mol. The molecule has 0 amide bonds. The average Bonchev–Trinajstić information content (AvgIpc) is 3.22. The predicted molar refractivity (Wildman–Crippen MR) is 142 cm³/mol. The molecule has 1 atom stereocenters. The number of nitrogens with zero attached hydrogens (tertiary/aromatic N) is 2. The number of hydrogen-bond acceptors (Lipinski definition) is 5. The van der Waals surface area contributed by atoms with E-state index in [-0.39, 0.29) is 35.6 Å². The molecule has 1 aromatic carbocycles. The van der Waals surface area contributed by atoms with E-state index in [1.165, 1.54) is 23.5 Å². The number of aryl methyl sites for hydroxylation is 1. The van der Waals surface area contributed by atoms with Crippen molar-refractivity contribution in [3.05, 3.63) is 29.3 Å². The summed E-state index contributed by atoms with van der Waals surface area (Å²) in [6, 6.07) is 6.36. The SMILES string of the molecule is CCNC(=NCc1ccc(C)cc1OC(C)C)NCC1(N2CCOCC2)CCSC1.I. The number of morpholine rings is 1. The second kappa shape index (κ2) is 13.1. The van der Waals surface area contributed by atoms with Crippen LogP contribution < -0.4 is 15.4 Å². The number of aliphatic imine (C=N–C) groups is 1. The lowest BCUT2D eigenvalue weighted by Gasteiger charge is -2.43. The van der Waals surface area contributed by atoms with Crippen molar-refractivity contribution in [2.24, 2.45) is 4.99 Å². The molecule has 176 valence electrons. The van der Waals surface area contributed by atoms with E-state index in [1.54, 1.807) is 0 Å². The van der Waals surface area contributed by atoms with Crippen molar-refractivity contribution < 1.29 is 9.47 Å². The van der Waals surface area contributed by atoms with Gasteiger partial charge in [-0.25, -0.2) is 4.99 Å². The van der Waals surface area contributed by atoms with Gasteiger partial charge in [-0.3, -0.25) is 4.90 Å². The van der Waals surface area contributed by atoms with Crippen LogP contribution in [-0.4, -0.2) is 73.4 Å². The van der Waals surface area contributed by atoms with Crippen LogP contribution in [0.25, 0.3) is 0 Å². The Morgan fingerprint density at radius 2 is 2.06 bits per heavy atom. The second-order valence-corrected chi connectivity index (χ2v) is 9.56. The van der Waals surface area contributed by atoms with Gasteiger partial charge in [0.2, 0.25) is 0 Å². The summed E-state index contributed by atoms with van der Waals surface area (Å²) in [4.78, 5) is 7.51. The van der Waals surface area contributed by atoms with Crippen molar-refractivity contribution in [1.82, 2.24) is 15.5 Å². The van der Waals surface area contributed by atoms with Gasteiger partial charge < -0.3 is 20.1 Å². The largest absolute Gasteiger partial charge is 0.491 e. The number of halogens is 1. The second-order valence-electron chi connectivity index (χ2n) is 8.45. The van der Waals surface area contributed by atoms with E-state index >= 15 is 0 Å². The van der Waals surface area contributed by atoms with Gasteiger partial charge in [-0.2, -0.15) is 11.8 Å². The van der Waals surface area contributed by atoms with E-state index in [9.17, 15) is 0 Å². The zero-order valence-electron chi connectivity index (χ0n) is 19.4. The standard InChI is InChI=1S/C23H38N4O2S.HI/c1-5-24-22(25-15-20-7-6-19(4)14-21(20)29-18(2)3)26-16-23(8-13-30-17-23)27-9-11-28-12-10-27;/h6-7,14,18H,5,8-13,15-17H2,1-4H3,(H2,24,25,26);1H. The lowest BCUT2D eigenvalue weighted by atomic mass is 9.95. The Balaban J connectivity index is 0.00000341. The topological polar surface area (TPSA) is 58.1 Å². The molecule has 2 saturated heterocycles. The van der Waals surface area contributed by atoms with Crippen LogP contribution in [0.1, 0.15) is 38.3 Å². The van der Waals surface area contributed by atoms with Crippen molar-refractivity contribution >= 4 is 41.7 Å². The third-order valence-corrected chi connectivity index (χ3v) is 6.92. The Hall–Kier alpha value is -0.710. The Kier molecular flexibility index (Phi) is 11.2. The molecule has 2 aliphatic rings. The Morgan fingerprint density at radius 1 is 1.29 bits per heavy atom. The van der Waals surface area contributed by atoms with Crippen molar-refractivity contribution in [3.63, 3.8) is 0 Å². The molecule has 0 bridgehead atoms. The third-order valence-electron chi connectivity index (χ3n) is 5.69. The summed E-state index contributed by atoms with van der Waals surface area (Å²) in [5, 5.41) is 7.06. The molecule has 2 fully saturated rings. The highest BCUT2D eigenvalue weighted by atomic mass is 127. The van der Waals surface area contributed by atoms with E-state index in [0.29, 0.717) is 6.54 Å². The summed E-state index contributed by atoms with van der Waals surface area (Å²) < 4.78 is 11.6. The van der Waals surface area contributed by atoms with Gasteiger partial charge in [0.1, 0.15) is 5.75 Å². The number of thioether (sulfide) groups is 1. The quantitative estimate of drug-likeness (QED) is 0.287. The number of rotatable bonds is 8. The number of ether oxygens (including phenoxy) is 2. The molecule has 0 saturated carbocycles. The number of guanidine groups is 1. The Bertz CT molecular complexity index is 705. The molecule has 6 nitrogen and oxygen atoms in total. The summed E-state index contributed by atoms with van der Waals surface area (Å²) in [5.41, 5.74) is 2.51. The van der Waals surface area contributed by atoms with Gasteiger partial charge >= 0.3 is 0 Å². The first kappa shape index (κ1) is 26.5. The van der Waals surface area contributed by atoms with E-state index < -0.39 is 0 Å². The number of benzene rings is 1. The lowest BCUT2D eigenvalue weighted by Crippen LogP contribution is -2.60. The van der Waals surface area contributed by atoms with Crippen LogP contribution in [0.4, 0.5) is 0 Å². The molecule has 1 unspecified atom stereocenters. The number of hydrogen-bond donors (Lipinski definition) is 2. The first-order chi connectivity index (χ1) is 14.5. The lowest BCUT2D eigenvalue weighted by molar-refractivity contribution is -0.0120. The van der Waals surface area contributed by atoms with Gasteiger partial charge in [0, 0.05) is 43.0 Å². The van der Waals surface area contributed by atoms with Gasteiger partial charge in [-0.05, 0) is 51.5 Å². The van der Waals surface area contributed by atoms with Gasteiger partial charge in [0.05, 0.1) is 25.9 Å². The molecule has 0 spiro atoms. The minimum absolute atomic E-state index is 0. The highest BCUT2D eigenvalue weighted by Gasteiger charge is 2.40. The Labute approximate surface area is 209 Å². The van der Waals surface area contributed by atoms with E-state index in [2.05, 4.69) is 73.2 Å². The number of nitrogens with one attached hydrogen (secondary N) is 2. The molecule has 0 aromatic heterocycles. The van der Waals surface area contributed by atoms with Gasteiger partial charge in [0.15, 0.2) is 5.96 Å². The molecule has 2 aliphatic heterocycles. The summed E-state index contributed by atoms with van der Waals surface area (Å²) in [5.74, 6) is 4.20. The highest BCUT2D eigenvalue weighted by Crippen LogP contribution is 2.33. The van der Waals surface area contributed by atoms with Crippen molar-refractivity contribution in [2.45, 2.75) is 52.3 Å². The fraction of sp³-hybridized carbons (Fsp3) is 0.696. The Morgan fingerprint density at radius 3 is 2.71 bits per heavy atom. The maximum absolute atomic E-state index is 6.02. The first-order valence-electron chi connectivity index (χ1n) is 11.2. The third kappa shape index (κ3) is 7.68. The maximum Gasteiger partial charge on any atom is 0.191 e. The van der Waals surface area contributed by atoms with Crippen LogP contribution in [0.5, 0.6) is 5.75 Å². The molecule has 0 aliphatic carbocycles. The summed E-state index contributed by atoms with van der Waals surface area (Å²) in [6.07, 6.45) is 1.36. The van der Waals surface area contributed by atoms with Gasteiger partial charge in [-0.1, -0.05) is 12.1 Å². The van der Waals surface area contributed by atoms with Crippen molar-refractivity contribution in [3.8, 4) is 5.75 Å². The minimum atomic E-state index is 0. The van der Waals surface area contributed by atoms with Crippen LogP contribution in [0.2, 0.25) is 0 Å². The smallest absolute Gasteiger partial charge is 0.191 e. The molecular formula is C23H39IN4O2S. The predicted octanol–water partition coefficient (Wildman–Crippen LogP) is 3.66. The molecule has 2 heterocycles. The van der Waals surface area contributed by atoms with Crippen LogP contribution in [-0.2, 0) is 11.3 Å². The van der Waals surface area contributed by atoms with E-state index in [4.69, 9.17) is 14.5 Å². The molecule has 3 rings (SSSR count). The molecule has 2 N–H and O–H groups in total. The van der Waals surface area contributed by atoms with E-state index in [0.717, 1.165) is 56.7 Å². The normalized spacial score (nSPS) is 22.3. The first-order valence-corrected chi connectivity index (χ1v) is 12.4. The van der Waals surface area contributed by atoms with E-state index in [1.807, 2.05) is 0 Å². The van der Waals surface area contributed by atoms with Gasteiger partial charge in [0.25, 0.3) is 0 Å². The minimum Gasteiger partial charge on any atom is -0.491 e. The van der Waals surface area contributed by atoms with Crippen LogP contribution in [0.3, 0.4) is 0 Å². The zero-order valence-corrected chi connectivity index (χ0v) is 22.6. The van der Waals surface area contributed by atoms with Crippen LogP contribution in [0.15, 0.2) is 23.2 Å². The van der Waals surface area contributed by atoms with Crippen molar-refractivity contribution in [1.29, 1.82) is 0 Å². The molecule has 31 heavy (non-hydrogen) atoms. The van der Waals surface area contributed by atoms with Crippen molar-refractivity contribution in [2.75, 3.05) is 50.9 Å². The van der Waals surface area contributed by atoms with Gasteiger partial charge in [-0.15, -0.1) is 24.0 Å². The summed E-state index contributed by atoms with van der Waals surface area (Å²) in [7, 11) is 0. The van der Waals surface area contributed by atoms with Crippen LogP contribution >= 0.6 is 35.7 Å². The average molecular weight is 563 g/mol. The van der Waals surface area contributed by atoms with Crippen LogP contribution in [0, 0.1) is 6.92 Å².